The fourth-order valence-electron chi connectivity index (χ4n) is 3.97. The van der Waals surface area contributed by atoms with Gasteiger partial charge in [-0.2, -0.15) is 0 Å². The van der Waals surface area contributed by atoms with Crippen molar-refractivity contribution in [3.63, 3.8) is 0 Å². The van der Waals surface area contributed by atoms with Crippen LogP contribution in [0.3, 0.4) is 0 Å². The fourth-order valence-corrected chi connectivity index (χ4v) is 3.97. The number of rotatable bonds is 9. The Hall–Kier alpha value is -3.90. The number of nitrogens with zero attached hydrogens (tertiary/aromatic N) is 1. The Balaban J connectivity index is 1.48. The molecule has 0 saturated carbocycles. The van der Waals surface area contributed by atoms with E-state index in [-0.39, 0.29) is 17.9 Å². The van der Waals surface area contributed by atoms with Crippen LogP contribution in [0.2, 0.25) is 0 Å². The highest BCUT2D eigenvalue weighted by Gasteiger charge is 2.18. The minimum atomic E-state index is -0.385. The predicted molar refractivity (Wildman–Crippen MR) is 137 cm³/mol. The molecule has 0 spiro atoms. The van der Waals surface area contributed by atoms with E-state index in [1.807, 2.05) is 54.6 Å². The van der Waals surface area contributed by atoms with E-state index in [2.05, 4.69) is 46.0 Å². The van der Waals surface area contributed by atoms with Crippen LogP contribution in [0.4, 0.5) is 5.69 Å². The Morgan fingerprint density at radius 1 is 0.848 bits per heavy atom. The molecule has 4 aromatic rings. The quantitative estimate of drug-likeness (QED) is 0.179. The van der Waals surface area contributed by atoms with E-state index in [9.17, 15) is 4.79 Å². The van der Waals surface area contributed by atoms with E-state index in [0.29, 0.717) is 25.9 Å². The molecule has 0 fully saturated rings. The van der Waals surface area contributed by atoms with Gasteiger partial charge in [-0.3, -0.25) is 9.79 Å². The second kappa shape index (κ2) is 10.6. The Kier molecular flexibility index (Phi) is 7.17. The number of nitrogens with one attached hydrogen (secondary N) is 2. The first-order valence-corrected chi connectivity index (χ1v) is 11.2. The number of carbonyl (C=O) groups is 1. The third-order valence-corrected chi connectivity index (χ3v) is 5.68. The topological polar surface area (TPSA) is 106 Å². The number of hydrogen-bond acceptors (Lipinski definition) is 3. The first kappa shape index (κ1) is 22.3. The van der Waals surface area contributed by atoms with Crippen LogP contribution in [-0.4, -0.2) is 24.5 Å². The lowest BCUT2D eigenvalue weighted by Crippen LogP contribution is -2.40. The first-order chi connectivity index (χ1) is 16.1. The zero-order valence-corrected chi connectivity index (χ0v) is 18.5. The summed E-state index contributed by atoms with van der Waals surface area (Å²) in [6.07, 6.45) is 1.30. The highest BCUT2D eigenvalue weighted by Crippen LogP contribution is 2.23. The van der Waals surface area contributed by atoms with Crippen molar-refractivity contribution in [3.8, 4) is 0 Å². The minimum absolute atomic E-state index is 0.0656. The van der Waals surface area contributed by atoms with Crippen molar-refractivity contribution in [2.24, 2.45) is 16.5 Å². The van der Waals surface area contributed by atoms with Gasteiger partial charge in [0.2, 0.25) is 5.91 Å². The highest BCUT2D eigenvalue weighted by atomic mass is 16.2. The number of nitrogens with two attached hydrogens (primary N) is 2. The van der Waals surface area contributed by atoms with Crippen molar-refractivity contribution in [2.75, 3.05) is 11.9 Å². The summed E-state index contributed by atoms with van der Waals surface area (Å²) in [5.41, 5.74) is 12.8. The molecule has 6 nitrogen and oxygen atoms in total. The summed E-state index contributed by atoms with van der Waals surface area (Å²) in [4.78, 5) is 17.3. The van der Waals surface area contributed by atoms with Gasteiger partial charge in [0.1, 0.15) is 0 Å². The van der Waals surface area contributed by atoms with Gasteiger partial charge in [0.15, 0.2) is 5.96 Å². The Bertz CT molecular complexity index is 1270. The van der Waals surface area contributed by atoms with E-state index in [1.165, 1.54) is 10.8 Å². The van der Waals surface area contributed by atoms with Gasteiger partial charge < -0.3 is 22.1 Å². The van der Waals surface area contributed by atoms with Crippen molar-refractivity contribution >= 4 is 39.1 Å². The first-order valence-electron chi connectivity index (χ1n) is 11.2. The van der Waals surface area contributed by atoms with Gasteiger partial charge >= 0.3 is 0 Å². The summed E-state index contributed by atoms with van der Waals surface area (Å²) in [5, 5.41) is 11.0. The van der Waals surface area contributed by atoms with Crippen LogP contribution in [0, 0.1) is 0 Å². The van der Waals surface area contributed by atoms with Crippen LogP contribution in [0.5, 0.6) is 0 Å². The third kappa shape index (κ3) is 5.87. The van der Waals surface area contributed by atoms with Gasteiger partial charge in [-0.1, -0.05) is 72.8 Å². The average Bonchev–Trinajstić information content (AvgIpc) is 2.83. The number of fused-ring (bicyclic) bond motifs is 2. The standard InChI is InChI=1S/C27H29N5O/c28-27(29)30-16-6-13-25(31-18-19-14-15-20-7-1-2-9-22(20)17-19)26(33)32-24-12-5-10-21-8-3-4-11-23(21)24/h1-5,7-12,14-15,17,25,31H,6,13,16,18H2,(H,32,33)(H4,28,29,30)/t25-/m1/s1. The van der Waals surface area contributed by atoms with Gasteiger partial charge in [0.05, 0.1) is 6.04 Å². The maximum Gasteiger partial charge on any atom is 0.241 e. The van der Waals surface area contributed by atoms with Gasteiger partial charge in [0, 0.05) is 24.2 Å². The SMILES string of the molecule is NC(N)=NCCC[C@@H](NCc1ccc2ccccc2c1)C(=O)Nc1cccc2ccccc12. The molecule has 0 aromatic heterocycles. The molecule has 1 amide bonds. The molecule has 0 aliphatic heterocycles. The van der Waals surface area contributed by atoms with Gasteiger partial charge in [-0.15, -0.1) is 0 Å². The maximum absolute atomic E-state index is 13.3. The molecule has 168 valence electrons. The molecule has 0 aliphatic carbocycles. The smallest absolute Gasteiger partial charge is 0.241 e. The monoisotopic (exact) mass is 439 g/mol. The van der Waals surface area contributed by atoms with Crippen molar-refractivity contribution in [1.29, 1.82) is 0 Å². The molecule has 1 atom stereocenters. The summed E-state index contributed by atoms with van der Waals surface area (Å²) in [6.45, 7) is 1.07. The number of amides is 1. The molecule has 0 unspecified atom stereocenters. The number of benzene rings is 4. The number of guanidine groups is 1. The number of anilines is 1. The third-order valence-electron chi connectivity index (χ3n) is 5.68. The Labute approximate surface area is 193 Å². The van der Waals surface area contributed by atoms with Crippen molar-refractivity contribution in [3.05, 3.63) is 90.5 Å². The number of hydrogen-bond donors (Lipinski definition) is 4. The maximum atomic E-state index is 13.3. The molecule has 4 aromatic carbocycles. The minimum Gasteiger partial charge on any atom is -0.370 e. The molecule has 0 radical (unpaired) electrons. The fraction of sp³-hybridized carbons (Fsp3) is 0.185. The molecule has 4 rings (SSSR count). The van der Waals surface area contributed by atoms with E-state index in [0.717, 1.165) is 22.0 Å². The molecule has 0 heterocycles. The summed E-state index contributed by atoms with van der Waals surface area (Å²) in [5.74, 6) is -0.00674. The van der Waals surface area contributed by atoms with E-state index in [1.54, 1.807) is 0 Å². The lowest BCUT2D eigenvalue weighted by atomic mass is 10.1. The van der Waals surface area contributed by atoms with E-state index >= 15 is 0 Å². The molecule has 6 heteroatoms. The zero-order valence-electron chi connectivity index (χ0n) is 18.5. The molecular weight excluding hydrogens is 410 g/mol. The van der Waals surface area contributed by atoms with Crippen molar-refractivity contribution in [2.45, 2.75) is 25.4 Å². The van der Waals surface area contributed by atoms with Gasteiger partial charge in [0.25, 0.3) is 0 Å². The highest BCUT2D eigenvalue weighted by molar-refractivity contribution is 6.03. The lowest BCUT2D eigenvalue weighted by molar-refractivity contribution is -0.118. The van der Waals surface area contributed by atoms with Crippen LogP contribution in [-0.2, 0) is 11.3 Å². The predicted octanol–water partition coefficient (Wildman–Crippen LogP) is 4.14. The number of aliphatic imine (C=N–C) groups is 1. The van der Waals surface area contributed by atoms with Crippen LogP contribution < -0.4 is 22.1 Å². The number of carbonyl (C=O) groups excluding carboxylic acids is 1. The van der Waals surface area contributed by atoms with Crippen molar-refractivity contribution in [1.82, 2.24) is 5.32 Å². The molecule has 0 aliphatic rings. The zero-order chi connectivity index (χ0) is 23.0. The molecule has 0 saturated heterocycles. The van der Waals surface area contributed by atoms with E-state index < -0.39 is 0 Å². The summed E-state index contributed by atoms with van der Waals surface area (Å²) in [7, 11) is 0. The van der Waals surface area contributed by atoms with Gasteiger partial charge in [-0.25, -0.2) is 0 Å². The van der Waals surface area contributed by atoms with Crippen molar-refractivity contribution < 1.29 is 4.79 Å². The van der Waals surface area contributed by atoms with Gasteiger partial charge in [-0.05, 0) is 46.7 Å². The van der Waals surface area contributed by atoms with Crippen LogP contribution in [0.25, 0.3) is 21.5 Å². The average molecular weight is 440 g/mol. The summed E-state index contributed by atoms with van der Waals surface area (Å²) in [6, 6.07) is 28.2. The second-order valence-electron chi connectivity index (χ2n) is 8.08. The van der Waals surface area contributed by atoms with Crippen LogP contribution in [0.1, 0.15) is 18.4 Å². The summed E-state index contributed by atoms with van der Waals surface area (Å²) < 4.78 is 0. The lowest BCUT2D eigenvalue weighted by Gasteiger charge is -2.19. The Morgan fingerprint density at radius 2 is 1.58 bits per heavy atom. The molecule has 33 heavy (non-hydrogen) atoms. The second-order valence-corrected chi connectivity index (χ2v) is 8.08. The summed E-state index contributed by atoms with van der Waals surface area (Å²) >= 11 is 0. The van der Waals surface area contributed by atoms with E-state index in [4.69, 9.17) is 11.5 Å². The molecule has 0 bridgehead atoms. The van der Waals surface area contributed by atoms with Crippen LogP contribution >= 0.6 is 0 Å². The molecule has 6 N–H and O–H groups in total. The van der Waals surface area contributed by atoms with Crippen LogP contribution in [0.15, 0.2) is 89.9 Å². The Morgan fingerprint density at radius 3 is 2.39 bits per heavy atom. The molecular formula is C27H29N5O. The largest absolute Gasteiger partial charge is 0.370 e. The normalized spacial score (nSPS) is 11.9.